The third-order valence-corrected chi connectivity index (χ3v) is 4.55. The Kier molecular flexibility index (Phi) is 3.85. The molecule has 1 aliphatic carbocycles. The van der Waals surface area contributed by atoms with Gasteiger partial charge in [0.25, 0.3) is 0 Å². The van der Waals surface area contributed by atoms with E-state index < -0.39 is 0 Å². The predicted octanol–water partition coefficient (Wildman–Crippen LogP) is 1.89. The molecule has 3 N–H and O–H groups in total. The second-order valence-electron chi connectivity index (χ2n) is 6.33. The molecule has 0 aromatic rings. The van der Waals surface area contributed by atoms with Gasteiger partial charge in [0.15, 0.2) is 5.96 Å². The molecule has 1 aliphatic heterocycles. The van der Waals surface area contributed by atoms with Gasteiger partial charge in [0, 0.05) is 24.0 Å². The molecule has 4 nitrogen and oxygen atoms in total. The zero-order valence-corrected chi connectivity index (χ0v) is 12.1. The van der Waals surface area contributed by atoms with Gasteiger partial charge in [-0.25, -0.2) is 4.99 Å². The average molecular weight is 253 g/mol. The molecule has 1 heterocycles. The van der Waals surface area contributed by atoms with Crippen molar-refractivity contribution in [2.45, 2.75) is 65.1 Å². The van der Waals surface area contributed by atoms with Crippen molar-refractivity contribution in [3.8, 4) is 0 Å². The summed E-state index contributed by atoms with van der Waals surface area (Å²) in [5.41, 5.74) is 6.12. The maximum atomic E-state index is 6.00. The molecule has 4 unspecified atom stereocenters. The van der Waals surface area contributed by atoms with Crippen molar-refractivity contribution in [3.63, 3.8) is 0 Å². The Hall–Kier alpha value is -0.770. The molecule has 1 saturated heterocycles. The van der Waals surface area contributed by atoms with Crippen LogP contribution in [0.25, 0.3) is 0 Å². The van der Waals surface area contributed by atoms with E-state index in [4.69, 9.17) is 15.5 Å². The molecule has 0 spiro atoms. The molecule has 0 radical (unpaired) electrons. The number of hydrogen-bond donors (Lipinski definition) is 2. The van der Waals surface area contributed by atoms with Crippen LogP contribution in [0.15, 0.2) is 4.99 Å². The average Bonchev–Trinajstić information content (AvgIpc) is 2.36. The highest BCUT2D eigenvalue weighted by Gasteiger charge is 2.58. The van der Waals surface area contributed by atoms with Crippen molar-refractivity contribution in [1.29, 1.82) is 0 Å². The highest BCUT2D eigenvalue weighted by molar-refractivity contribution is 5.78. The number of nitrogens with two attached hydrogens (primary N) is 1. The molecule has 2 aliphatic rings. The molecule has 1 saturated carbocycles. The van der Waals surface area contributed by atoms with E-state index in [-0.39, 0.29) is 5.41 Å². The SMILES string of the molecule is CCC(C)NC(N)=NC1C2CCCOC2C1(C)C. The second kappa shape index (κ2) is 5.08. The highest BCUT2D eigenvalue weighted by atomic mass is 16.5. The van der Waals surface area contributed by atoms with E-state index in [9.17, 15) is 0 Å². The van der Waals surface area contributed by atoms with Crippen LogP contribution in [-0.2, 0) is 4.74 Å². The number of fused-ring (bicyclic) bond motifs is 1. The lowest BCUT2D eigenvalue weighted by Crippen LogP contribution is -2.64. The number of hydrogen-bond acceptors (Lipinski definition) is 2. The van der Waals surface area contributed by atoms with Gasteiger partial charge in [0.2, 0.25) is 0 Å². The first-order valence-corrected chi connectivity index (χ1v) is 7.18. The van der Waals surface area contributed by atoms with Crippen molar-refractivity contribution < 1.29 is 4.74 Å². The standard InChI is InChI=1S/C14H27N3O/c1-5-9(2)16-13(15)17-11-10-7-6-8-18-12(10)14(11,3)4/h9-12H,5-8H2,1-4H3,(H3,15,16,17). The van der Waals surface area contributed by atoms with E-state index in [0.717, 1.165) is 19.4 Å². The maximum absolute atomic E-state index is 6.00. The Morgan fingerprint density at radius 3 is 2.94 bits per heavy atom. The zero-order chi connectivity index (χ0) is 13.3. The van der Waals surface area contributed by atoms with E-state index in [0.29, 0.717) is 30.1 Å². The van der Waals surface area contributed by atoms with Crippen LogP contribution in [0.1, 0.15) is 47.0 Å². The molecule has 0 bridgehead atoms. The minimum atomic E-state index is 0.118. The third-order valence-electron chi connectivity index (χ3n) is 4.55. The number of aliphatic imine (C=N–C) groups is 1. The highest BCUT2D eigenvalue weighted by Crippen LogP contribution is 2.52. The summed E-state index contributed by atoms with van der Waals surface area (Å²) in [4.78, 5) is 4.71. The fourth-order valence-corrected chi connectivity index (χ4v) is 3.30. The van der Waals surface area contributed by atoms with Crippen LogP contribution in [0.3, 0.4) is 0 Å². The molecular weight excluding hydrogens is 226 g/mol. The molecule has 18 heavy (non-hydrogen) atoms. The van der Waals surface area contributed by atoms with Gasteiger partial charge in [-0.15, -0.1) is 0 Å². The van der Waals surface area contributed by atoms with Crippen LogP contribution in [0.4, 0.5) is 0 Å². The first kappa shape index (κ1) is 13.7. The number of ether oxygens (including phenoxy) is 1. The van der Waals surface area contributed by atoms with Crippen molar-refractivity contribution in [2.75, 3.05) is 6.61 Å². The predicted molar refractivity (Wildman–Crippen MR) is 74.5 cm³/mol. The molecule has 0 aromatic heterocycles. The summed E-state index contributed by atoms with van der Waals surface area (Å²) in [7, 11) is 0. The van der Waals surface area contributed by atoms with Crippen LogP contribution in [0.5, 0.6) is 0 Å². The Morgan fingerprint density at radius 1 is 1.56 bits per heavy atom. The Bertz CT molecular complexity index is 327. The van der Waals surface area contributed by atoms with Gasteiger partial charge in [-0.2, -0.15) is 0 Å². The Morgan fingerprint density at radius 2 is 2.28 bits per heavy atom. The van der Waals surface area contributed by atoms with Crippen molar-refractivity contribution in [2.24, 2.45) is 22.1 Å². The summed E-state index contributed by atoms with van der Waals surface area (Å²) in [6.07, 6.45) is 3.80. The van der Waals surface area contributed by atoms with Gasteiger partial charge in [-0.05, 0) is 26.2 Å². The summed E-state index contributed by atoms with van der Waals surface area (Å²) < 4.78 is 5.88. The quantitative estimate of drug-likeness (QED) is 0.596. The van der Waals surface area contributed by atoms with Gasteiger partial charge >= 0.3 is 0 Å². The normalized spacial score (nSPS) is 36.4. The van der Waals surface area contributed by atoms with Crippen LogP contribution in [-0.4, -0.2) is 30.8 Å². The van der Waals surface area contributed by atoms with Gasteiger partial charge in [-0.1, -0.05) is 20.8 Å². The van der Waals surface area contributed by atoms with Crippen LogP contribution in [0.2, 0.25) is 0 Å². The summed E-state index contributed by atoms with van der Waals surface area (Å²) >= 11 is 0. The fourth-order valence-electron chi connectivity index (χ4n) is 3.30. The van der Waals surface area contributed by atoms with Crippen molar-refractivity contribution >= 4 is 5.96 Å². The Labute approximate surface area is 110 Å². The van der Waals surface area contributed by atoms with E-state index in [1.807, 2.05) is 0 Å². The summed E-state index contributed by atoms with van der Waals surface area (Å²) in [5.74, 6) is 1.15. The van der Waals surface area contributed by atoms with Crippen LogP contribution >= 0.6 is 0 Å². The van der Waals surface area contributed by atoms with Gasteiger partial charge in [-0.3, -0.25) is 0 Å². The lowest BCUT2D eigenvalue weighted by molar-refractivity contribution is -0.182. The van der Waals surface area contributed by atoms with E-state index in [2.05, 4.69) is 33.0 Å². The fraction of sp³-hybridized carbons (Fsp3) is 0.929. The van der Waals surface area contributed by atoms with Crippen molar-refractivity contribution in [1.82, 2.24) is 5.32 Å². The third kappa shape index (κ3) is 2.35. The number of nitrogens with zero attached hydrogens (tertiary/aromatic N) is 1. The van der Waals surface area contributed by atoms with Gasteiger partial charge < -0.3 is 15.8 Å². The minimum Gasteiger partial charge on any atom is -0.377 e. The number of guanidine groups is 1. The summed E-state index contributed by atoms with van der Waals surface area (Å²) in [6, 6.07) is 0.690. The lowest BCUT2D eigenvalue weighted by Gasteiger charge is -2.58. The molecule has 0 aromatic carbocycles. The lowest BCUT2D eigenvalue weighted by atomic mass is 9.55. The summed E-state index contributed by atoms with van der Waals surface area (Å²) in [5, 5.41) is 3.25. The smallest absolute Gasteiger partial charge is 0.189 e. The Balaban J connectivity index is 2.02. The molecule has 104 valence electrons. The molecular formula is C14H27N3O. The van der Waals surface area contributed by atoms with Crippen LogP contribution < -0.4 is 11.1 Å². The summed E-state index contributed by atoms with van der Waals surface area (Å²) in [6.45, 7) is 9.65. The molecule has 2 rings (SSSR count). The van der Waals surface area contributed by atoms with Gasteiger partial charge in [0.05, 0.1) is 12.1 Å². The van der Waals surface area contributed by atoms with E-state index in [1.165, 1.54) is 6.42 Å². The topological polar surface area (TPSA) is 59.6 Å². The van der Waals surface area contributed by atoms with E-state index in [1.54, 1.807) is 0 Å². The zero-order valence-electron chi connectivity index (χ0n) is 12.1. The maximum Gasteiger partial charge on any atom is 0.189 e. The monoisotopic (exact) mass is 253 g/mol. The minimum absolute atomic E-state index is 0.118. The van der Waals surface area contributed by atoms with Crippen molar-refractivity contribution in [3.05, 3.63) is 0 Å². The molecule has 0 amide bonds. The second-order valence-corrected chi connectivity index (χ2v) is 6.33. The molecule has 4 atom stereocenters. The van der Waals surface area contributed by atoms with Crippen LogP contribution in [0, 0.1) is 11.3 Å². The molecule has 2 fully saturated rings. The largest absolute Gasteiger partial charge is 0.377 e. The van der Waals surface area contributed by atoms with E-state index >= 15 is 0 Å². The first-order chi connectivity index (χ1) is 8.46. The number of rotatable bonds is 3. The molecule has 4 heteroatoms. The van der Waals surface area contributed by atoms with Gasteiger partial charge in [0.1, 0.15) is 0 Å². The first-order valence-electron chi connectivity index (χ1n) is 7.18. The number of nitrogens with one attached hydrogen (secondary N) is 1.